The number of allylic oxidation sites excluding steroid dienone is 5. The van der Waals surface area contributed by atoms with Crippen molar-refractivity contribution in [3.05, 3.63) is 36.6 Å². The van der Waals surface area contributed by atoms with Crippen molar-refractivity contribution in [2.75, 3.05) is 26.4 Å². The van der Waals surface area contributed by atoms with Crippen molar-refractivity contribution in [2.24, 2.45) is 0 Å². The molecule has 49 heavy (non-hydrogen) atoms. The summed E-state index contributed by atoms with van der Waals surface area (Å²) in [6.07, 6.45) is 45.0. The number of rotatable bonds is 36. The van der Waals surface area contributed by atoms with Crippen molar-refractivity contribution >= 4 is 13.7 Å². The fourth-order valence-electron chi connectivity index (χ4n) is 5.81. The summed E-state index contributed by atoms with van der Waals surface area (Å²) in [5.74, 6) is -0.269. The van der Waals surface area contributed by atoms with E-state index in [2.05, 4.69) is 43.2 Å². The molecule has 0 aromatic heterocycles. The molecule has 286 valence electrons. The van der Waals surface area contributed by atoms with Crippen LogP contribution in [0, 0.1) is 0 Å². The van der Waals surface area contributed by atoms with Gasteiger partial charge in [-0.15, -0.1) is 0 Å². The first kappa shape index (κ1) is 45.6. The molecule has 0 amide bonds. The maximum absolute atomic E-state index is 12.6. The molecule has 0 saturated carbocycles. The Bertz CT molecular complexity index is 866. The van der Waals surface area contributed by atoms with E-state index in [4.69, 9.17) is 18.5 Å². The Kier molecular flexibility index (Phi) is 32.6. The van der Waals surface area contributed by atoms with Crippen molar-refractivity contribution in [3.8, 4) is 0 Å². The minimum Gasteiger partial charge on any atom is -0.498 e. The molecule has 0 radical (unpaired) electrons. The highest BCUT2D eigenvalue weighted by atomic mass is 31.2. The van der Waals surface area contributed by atoms with Crippen LogP contribution in [0.3, 0.4) is 0 Å². The molecule has 0 aliphatic carbocycles. The number of nitrogens with one attached hydrogen (secondary N) is 1. The van der Waals surface area contributed by atoms with Crippen LogP contribution in [0.1, 0.15) is 187 Å². The van der Waals surface area contributed by atoms with Gasteiger partial charge in [0.15, 0.2) is 6.10 Å². The fraction of sp³-hybridized carbons (Fsp3) is 0.829. The average Bonchev–Trinajstić information content (AvgIpc) is 3.54. The predicted octanol–water partition coefficient (Wildman–Crippen LogP) is 12.9. The summed E-state index contributed by atoms with van der Waals surface area (Å²) in [7, 11) is -3.32. The lowest BCUT2D eigenvalue weighted by molar-refractivity contribution is -0.153. The molecule has 2 atom stereocenters. The summed E-state index contributed by atoms with van der Waals surface area (Å²) in [4.78, 5) is 12.6. The molecule has 0 aromatic carbocycles. The Labute approximate surface area is 302 Å². The predicted molar refractivity (Wildman–Crippen MR) is 207 cm³/mol. The highest BCUT2D eigenvalue weighted by molar-refractivity contribution is 7.51. The van der Waals surface area contributed by atoms with E-state index in [0.717, 1.165) is 38.5 Å². The molecule has 1 aliphatic heterocycles. The molecular weight excluding hydrogens is 633 g/mol. The molecule has 0 spiro atoms. The molecule has 8 heteroatoms. The summed E-state index contributed by atoms with van der Waals surface area (Å²) in [6.45, 7) is 5.46. The van der Waals surface area contributed by atoms with Gasteiger partial charge in [0.1, 0.15) is 6.61 Å². The van der Waals surface area contributed by atoms with Gasteiger partial charge in [-0.25, -0.2) is 9.65 Å². The number of carbonyl (C=O) groups excluding carboxylic acids is 1. The third kappa shape index (κ3) is 31.1. The van der Waals surface area contributed by atoms with Crippen LogP contribution in [-0.2, 0) is 27.9 Å². The SMILES string of the molecule is CCCCCCCC/C=C\CCCCCC/C=C\OCC(COP1(=O)NCCO1)OC(=O)CCCCCCC/C=C\CCCCCCCC. The molecule has 1 rings (SSSR count). The first-order chi connectivity index (χ1) is 24.1. The van der Waals surface area contributed by atoms with Crippen molar-refractivity contribution < 1.29 is 27.9 Å². The van der Waals surface area contributed by atoms with Crippen LogP contribution in [0.15, 0.2) is 36.6 Å². The van der Waals surface area contributed by atoms with Crippen LogP contribution in [0.25, 0.3) is 0 Å². The van der Waals surface area contributed by atoms with E-state index in [1.165, 1.54) is 128 Å². The Morgan fingerprint density at radius 1 is 0.633 bits per heavy atom. The largest absolute Gasteiger partial charge is 0.498 e. The van der Waals surface area contributed by atoms with Crippen LogP contribution in [0.5, 0.6) is 0 Å². The van der Waals surface area contributed by atoms with E-state index in [0.29, 0.717) is 19.6 Å². The molecule has 0 bridgehead atoms. The Balaban J connectivity index is 2.13. The molecule has 1 N–H and O–H groups in total. The van der Waals surface area contributed by atoms with E-state index in [1.54, 1.807) is 6.26 Å². The summed E-state index contributed by atoms with van der Waals surface area (Å²) in [6, 6.07) is 0. The number of esters is 1. The number of ether oxygens (including phenoxy) is 2. The van der Waals surface area contributed by atoms with E-state index in [-0.39, 0.29) is 19.2 Å². The third-order valence-electron chi connectivity index (χ3n) is 8.90. The van der Waals surface area contributed by atoms with E-state index >= 15 is 0 Å². The fourth-order valence-corrected chi connectivity index (χ4v) is 7.13. The summed E-state index contributed by atoms with van der Waals surface area (Å²) < 4.78 is 34.6. The van der Waals surface area contributed by atoms with Gasteiger partial charge in [0, 0.05) is 13.0 Å². The maximum atomic E-state index is 12.6. The van der Waals surface area contributed by atoms with Crippen LogP contribution in [0.4, 0.5) is 0 Å². The molecule has 1 fully saturated rings. The highest BCUT2D eigenvalue weighted by Gasteiger charge is 2.31. The Hall–Kier alpha value is -1.40. The van der Waals surface area contributed by atoms with Crippen molar-refractivity contribution in [1.29, 1.82) is 0 Å². The van der Waals surface area contributed by atoms with E-state index in [9.17, 15) is 9.36 Å². The lowest BCUT2D eigenvalue weighted by Gasteiger charge is -2.19. The number of hydrogen-bond acceptors (Lipinski definition) is 6. The van der Waals surface area contributed by atoms with Crippen molar-refractivity contribution in [1.82, 2.24) is 5.09 Å². The lowest BCUT2D eigenvalue weighted by Crippen LogP contribution is -2.28. The van der Waals surface area contributed by atoms with Gasteiger partial charge in [0.05, 0.1) is 19.5 Å². The molecule has 0 aromatic rings. The zero-order chi connectivity index (χ0) is 35.4. The van der Waals surface area contributed by atoms with E-state index < -0.39 is 13.9 Å². The number of carbonyl (C=O) groups is 1. The smallest absolute Gasteiger partial charge is 0.405 e. The summed E-state index contributed by atoms with van der Waals surface area (Å²) >= 11 is 0. The zero-order valence-corrected chi connectivity index (χ0v) is 32.8. The molecule has 7 nitrogen and oxygen atoms in total. The summed E-state index contributed by atoms with van der Waals surface area (Å²) in [5, 5.41) is 2.76. The third-order valence-corrected chi connectivity index (χ3v) is 10.5. The molecule has 1 aliphatic rings. The van der Waals surface area contributed by atoms with Gasteiger partial charge in [0.2, 0.25) is 0 Å². The zero-order valence-electron chi connectivity index (χ0n) is 31.9. The Morgan fingerprint density at radius 2 is 1.08 bits per heavy atom. The topological polar surface area (TPSA) is 83.1 Å². The monoisotopic (exact) mass is 710 g/mol. The number of hydrogen-bond donors (Lipinski definition) is 1. The van der Waals surface area contributed by atoms with Crippen LogP contribution >= 0.6 is 7.75 Å². The molecular formula is C41H76NO6P. The maximum Gasteiger partial charge on any atom is 0.405 e. The first-order valence-corrected chi connectivity index (χ1v) is 22.0. The molecule has 2 unspecified atom stereocenters. The van der Waals surface area contributed by atoms with E-state index in [1.807, 2.05) is 6.08 Å². The number of unbranched alkanes of at least 4 members (excludes halogenated alkanes) is 22. The first-order valence-electron chi connectivity index (χ1n) is 20.5. The normalized spacial score (nSPS) is 17.2. The van der Waals surface area contributed by atoms with Gasteiger partial charge < -0.3 is 9.47 Å². The van der Waals surface area contributed by atoms with Crippen LogP contribution in [0.2, 0.25) is 0 Å². The quantitative estimate of drug-likeness (QED) is 0.0228. The van der Waals surface area contributed by atoms with Crippen molar-refractivity contribution in [3.63, 3.8) is 0 Å². The van der Waals surface area contributed by atoms with Gasteiger partial charge in [0.25, 0.3) is 0 Å². The Morgan fingerprint density at radius 3 is 1.55 bits per heavy atom. The second-order valence-electron chi connectivity index (χ2n) is 13.7. The van der Waals surface area contributed by atoms with Gasteiger partial charge in [-0.3, -0.25) is 13.8 Å². The standard InChI is InChI=1S/C41H76NO6P/c1-3-5-7-9-11-13-15-17-19-21-23-25-27-29-31-33-36-45-38-40(39-47-49(44)42-35-37-46-49)48-41(43)34-32-30-28-26-24-22-20-18-16-14-12-10-8-6-4-2/h17-20,33,36,40H,3-16,21-32,34-35,37-39H2,1-2H3,(H,42,44)/b19-17-,20-18-,36-33-. The minimum absolute atomic E-state index is 0.0381. The molecule has 1 heterocycles. The van der Waals surface area contributed by atoms with Crippen LogP contribution in [-0.4, -0.2) is 38.4 Å². The van der Waals surface area contributed by atoms with Gasteiger partial charge >= 0.3 is 13.7 Å². The minimum atomic E-state index is -3.32. The second-order valence-corrected chi connectivity index (χ2v) is 15.5. The van der Waals surface area contributed by atoms with Gasteiger partial charge in [-0.1, -0.05) is 134 Å². The highest BCUT2D eigenvalue weighted by Crippen LogP contribution is 2.46. The van der Waals surface area contributed by atoms with Crippen LogP contribution < -0.4 is 5.09 Å². The average molecular weight is 710 g/mol. The molecule has 1 saturated heterocycles. The second kappa shape index (κ2) is 35.0. The van der Waals surface area contributed by atoms with Crippen molar-refractivity contribution in [2.45, 2.75) is 193 Å². The van der Waals surface area contributed by atoms with Gasteiger partial charge in [-0.05, 0) is 76.7 Å². The lowest BCUT2D eigenvalue weighted by atomic mass is 10.1. The summed E-state index contributed by atoms with van der Waals surface area (Å²) in [5.41, 5.74) is 0. The van der Waals surface area contributed by atoms with Gasteiger partial charge in [-0.2, -0.15) is 0 Å².